The smallest absolute Gasteiger partial charge is 0.255 e. The Morgan fingerprint density at radius 3 is 2.50 bits per heavy atom. The van der Waals surface area contributed by atoms with Gasteiger partial charge in [-0.05, 0) is 53.2 Å². The number of rotatable bonds is 3. The zero-order valence-electron chi connectivity index (χ0n) is 10.6. The second-order valence-electron chi connectivity index (χ2n) is 4.18. The molecule has 0 radical (unpaired) electrons. The van der Waals surface area contributed by atoms with Crippen molar-refractivity contribution in [2.75, 3.05) is 5.32 Å². The molecule has 0 saturated carbocycles. The van der Waals surface area contributed by atoms with E-state index < -0.39 is 11.7 Å². The molecule has 20 heavy (non-hydrogen) atoms. The second-order valence-corrected chi connectivity index (χ2v) is 5.04. The van der Waals surface area contributed by atoms with Gasteiger partial charge in [-0.25, -0.2) is 4.39 Å². The van der Waals surface area contributed by atoms with Crippen molar-refractivity contribution in [1.29, 1.82) is 0 Å². The van der Waals surface area contributed by atoms with Crippen LogP contribution >= 0.6 is 15.9 Å². The SMILES string of the molecule is CC(=O)c1ccccc1NC(=O)c1ccc(F)c(Br)c1. The molecule has 0 aliphatic carbocycles. The van der Waals surface area contributed by atoms with Crippen molar-refractivity contribution >= 4 is 33.3 Å². The van der Waals surface area contributed by atoms with Gasteiger partial charge >= 0.3 is 0 Å². The van der Waals surface area contributed by atoms with E-state index in [9.17, 15) is 14.0 Å². The van der Waals surface area contributed by atoms with Gasteiger partial charge in [-0.1, -0.05) is 12.1 Å². The van der Waals surface area contributed by atoms with Crippen molar-refractivity contribution < 1.29 is 14.0 Å². The molecule has 0 fully saturated rings. The lowest BCUT2D eigenvalue weighted by Gasteiger charge is -2.09. The van der Waals surface area contributed by atoms with Gasteiger partial charge in [-0.2, -0.15) is 0 Å². The number of para-hydroxylation sites is 1. The molecule has 0 saturated heterocycles. The Bertz CT molecular complexity index is 685. The quantitative estimate of drug-likeness (QED) is 0.860. The standard InChI is InChI=1S/C15H11BrFNO2/c1-9(19)11-4-2-3-5-14(11)18-15(20)10-6-7-13(17)12(16)8-10/h2-8H,1H3,(H,18,20). The maximum atomic E-state index is 13.1. The molecule has 1 amide bonds. The van der Waals surface area contributed by atoms with E-state index in [2.05, 4.69) is 21.2 Å². The highest BCUT2D eigenvalue weighted by Gasteiger charge is 2.12. The largest absolute Gasteiger partial charge is 0.321 e. The number of amides is 1. The molecular weight excluding hydrogens is 325 g/mol. The zero-order chi connectivity index (χ0) is 14.7. The van der Waals surface area contributed by atoms with Crippen LogP contribution in [0.2, 0.25) is 0 Å². The fraction of sp³-hybridized carbons (Fsp3) is 0.0667. The molecule has 0 aromatic heterocycles. The molecule has 0 spiro atoms. The number of hydrogen-bond acceptors (Lipinski definition) is 2. The van der Waals surface area contributed by atoms with E-state index in [4.69, 9.17) is 0 Å². The van der Waals surface area contributed by atoms with Gasteiger partial charge in [0.1, 0.15) is 5.82 Å². The van der Waals surface area contributed by atoms with E-state index in [0.29, 0.717) is 16.8 Å². The van der Waals surface area contributed by atoms with Crippen LogP contribution in [0.4, 0.5) is 10.1 Å². The lowest BCUT2D eigenvalue weighted by Crippen LogP contribution is -2.14. The van der Waals surface area contributed by atoms with Crippen LogP contribution in [0, 0.1) is 5.82 Å². The lowest BCUT2D eigenvalue weighted by molar-refractivity contribution is 0.101. The Hall–Kier alpha value is -2.01. The van der Waals surface area contributed by atoms with Crippen LogP contribution in [-0.2, 0) is 0 Å². The average molecular weight is 336 g/mol. The number of benzene rings is 2. The molecule has 2 rings (SSSR count). The molecule has 0 atom stereocenters. The predicted octanol–water partition coefficient (Wildman–Crippen LogP) is 4.04. The van der Waals surface area contributed by atoms with Crippen molar-refractivity contribution in [2.24, 2.45) is 0 Å². The summed E-state index contributed by atoms with van der Waals surface area (Å²) in [5.41, 5.74) is 1.17. The molecule has 0 aliphatic rings. The molecule has 2 aromatic rings. The van der Waals surface area contributed by atoms with Crippen molar-refractivity contribution in [1.82, 2.24) is 0 Å². The van der Waals surface area contributed by atoms with E-state index in [-0.39, 0.29) is 10.3 Å². The summed E-state index contributed by atoms with van der Waals surface area (Å²) in [5.74, 6) is -0.980. The highest BCUT2D eigenvalue weighted by atomic mass is 79.9. The van der Waals surface area contributed by atoms with Crippen molar-refractivity contribution in [2.45, 2.75) is 6.92 Å². The summed E-state index contributed by atoms with van der Waals surface area (Å²) in [6, 6.07) is 10.7. The van der Waals surface area contributed by atoms with E-state index in [1.165, 1.54) is 25.1 Å². The molecule has 2 aromatic carbocycles. The van der Waals surface area contributed by atoms with E-state index in [0.717, 1.165) is 0 Å². The zero-order valence-corrected chi connectivity index (χ0v) is 12.2. The van der Waals surface area contributed by atoms with Gasteiger partial charge in [0.15, 0.2) is 5.78 Å². The topological polar surface area (TPSA) is 46.2 Å². The summed E-state index contributed by atoms with van der Waals surface area (Å²) in [5, 5.41) is 2.65. The number of hydrogen-bond donors (Lipinski definition) is 1. The third-order valence-corrected chi connectivity index (χ3v) is 3.34. The van der Waals surface area contributed by atoms with Gasteiger partial charge in [-0.15, -0.1) is 0 Å². The van der Waals surface area contributed by atoms with E-state index in [1.807, 2.05) is 0 Å². The average Bonchev–Trinajstić information content (AvgIpc) is 2.42. The fourth-order valence-corrected chi connectivity index (χ4v) is 2.11. The van der Waals surface area contributed by atoms with Crippen LogP contribution in [0.1, 0.15) is 27.6 Å². The molecule has 5 heteroatoms. The monoisotopic (exact) mass is 335 g/mol. The van der Waals surface area contributed by atoms with E-state index in [1.54, 1.807) is 24.3 Å². The molecule has 3 nitrogen and oxygen atoms in total. The summed E-state index contributed by atoms with van der Waals surface area (Å²) in [6.45, 7) is 1.43. The summed E-state index contributed by atoms with van der Waals surface area (Å²) in [7, 11) is 0. The third kappa shape index (κ3) is 3.11. The minimum Gasteiger partial charge on any atom is -0.321 e. The van der Waals surface area contributed by atoms with Gasteiger partial charge in [0, 0.05) is 11.1 Å². The highest BCUT2D eigenvalue weighted by molar-refractivity contribution is 9.10. The third-order valence-electron chi connectivity index (χ3n) is 2.74. The first-order valence-corrected chi connectivity index (χ1v) is 6.64. The fourth-order valence-electron chi connectivity index (χ4n) is 1.73. The Labute approximate surface area is 123 Å². The first-order chi connectivity index (χ1) is 9.49. The number of carbonyl (C=O) groups is 2. The minimum absolute atomic E-state index is 0.138. The number of Topliss-reactive ketones (excluding diaryl/α,β-unsaturated/α-hetero) is 1. The van der Waals surface area contributed by atoms with Gasteiger partial charge in [-0.3, -0.25) is 9.59 Å². The molecule has 102 valence electrons. The first kappa shape index (κ1) is 14.4. The number of ketones is 1. The van der Waals surface area contributed by atoms with Gasteiger partial charge < -0.3 is 5.32 Å². The van der Waals surface area contributed by atoms with Crippen LogP contribution in [-0.4, -0.2) is 11.7 Å². The molecule has 0 unspecified atom stereocenters. The van der Waals surface area contributed by atoms with Gasteiger partial charge in [0.2, 0.25) is 0 Å². The first-order valence-electron chi connectivity index (χ1n) is 5.85. The van der Waals surface area contributed by atoms with Crippen LogP contribution in [0.3, 0.4) is 0 Å². The van der Waals surface area contributed by atoms with Crippen molar-refractivity contribution in [3.63, 3.8) is 0 Å². The molecule has 0 aliphatic heterocycles. The maximum absolute atomic E-state index is 13.1. The molecular formula is C15H11BrFNO2. The highest BCUT2D eigenvalue weighted by Crippen LogP contribution is 2.20. The van der Waals surface area contributed by atoms with Gasteiger partial charge in [0.05, 0.1) is 10.2 Å². The van der Waals surface area contributed by atoms with Crippen LogP contribution in [0.15, 0.2) is 46.9 Å². The van der Waals surface area contributed by atoms with Crippen LogP contribution < -0.4 is 5.32 Å². The van der Waals surface area contributed by atoms with Gasteiger partial charge in [0.25, 0.3) is 5.91 Å². The Kier molecular flexibility index (Phi) is 4.29. The summed E-state index contributed by atoms with van der Waals surface area (Å²) in [6.07, 6.45) is 0. The summed E-state index contributed by atoms with van der Waals surface area (Å²) >= 11 is 3.03. The Balaban J connectivity index is 2.28. The van der Waals surface area contributed by atoms with E-state index >= 15 is 0 Å². The molecule has 0 heterocycles. The maximum Gasteiger partial charge on any atom is 0.255 e. The Morgan fingerprint density at radius 1 is 1.15 bits per heavy atom. The molecule has 0 bridgehead atoms. The van der Waals surface area contributed by atoms with Crippen molar-refractivity contribution in [3.8, 4) is 0 Å². The lowest BCUT2D eigenvalue weighted by atomic mass is 10.1. The van der Waals surface area contributed by atoms with Crippen LogP contribution in [0.25, 0.3) is 0 Å². The number of nitrogens with one attached hydrogen (secondary N) is 1. The van der Waals surface area contributed by atoms with Crippen LogP contribution in [0.5, 0.6) is 0 Å². The molecule has 1 N–H and O–H groups in total. The normalized spacial score (nSPS) is 10.2. The second kappa shape index (κ2) is 5.96. The number of halogens is 2. The predicted molar refractivity (Wildman–Crippen MR) is 78.5 cm³/mol. The summed E-state index contributed by atoms with van der Waals surface area (Å²) in [4.78, 5) is 23.6. The summed E-state index contributed by atoms with van der Waals surface area (Å²) < 4.78 is 13.3. The van der Waals surface area contributed by atoms with Crippen molar-refractivity contribution in [3.05, 3.63) is 63.9 Å². The minimum atomic E-state index is -0.439. The Morgan fingerprint density at radius 2 is 1.85 bits per heavy atom. The number of anilines is 1. The number of carbonyl (C=O) groups excluding carboxylic acids is 2.